The van der Waals surface area contributed by atoms with Crippen molar-refractivity contribution >= 4 is 5.91 Å². The van der Waals surface area contributed by atoms with Crippen molar-refractivity contribution in [2.75, 3.05) is 19.6 Å². The van der Waals surface area contributed by atoms with E-state index in [9.17, 15) is 4.79 Å². The molecule has 0 bridgehead atoms. The lowest BCUT2D eigenvalue weighted by atomic mass is 10.0. The first-order valence-corrected chi connectivity index (χ1v) is 6.25. The molecule has 4 atom stereocenters. The molecule has 4 nitrogen and oxygen atoms in total. The Balaban J connectivity index is 1.98. The largest absolute Gasteiger partial charge is 0.372 e. The Hall–Kier alpha value is -0.610. The molecule has 2 heterocycles. The van der Waals surface area contributed by atoms with E-state index >= 15 is 0 Å². The van der Waals surface area contributed by atoms with Gasteiger partial charge < -0.3 is 15.0 Å². The van der Waals surface area contributed by atoms with Crippen molar-refractivity contribution in [2.45, 2.75) is 45.4 Å². The fraction of sp³-hybridized carbons (Fsp3) is 0.917. The predicted octanol–water partition coefficient (Wildman–Crippen LogP) is 0.620. The smallest absolute Gasteiger partial charge is 0.240 e. The van der Waals surface area contributed by atoms with Gasteiger partial charge in [-0.3, -0.25) is 4.79 Å². The SMILES string of the molecule is CC1CN(C(=O)C2NCCC2C)CC(C)O1. The van der Waals surface area contributed by atoms with Crippen LogP contribution in [0.15, 0.2) is 0 Å². The molecule has 2 aliphatic rings. The number of amides is 1. The molecular weight excluding hydrogens is 204 g/mol. The van der Waals surface area contributed by atoms with Gasteiger partial charge in [0.25, 0.3) is 0 Å². The Morgan fingerprint density at radius 3 is 2.38 bits per heavy atom. The number of morpholine rings is 1. The van der Waals surface area contributed by atoms with Crippen LogP contribution in [-0.2, 0) is 9.53 Å². The summed E-state index contributed by atoms with van der Waals surface area (Å²) in [6, 6.07) is 0.0255. The molecule has 2 aliphatic heterocycles. The van der Waals surface area contributed by atoms with Crippen molar-refractivity contribution < 1.29 is 9.53 Å². The summed E-state index contributed by atoms with van der Waals surface area (Å²) in [6.07, 6.45) is 1.42. The normalized spacial score (nSPS) is 40.1. The van der Waals surface area contributed by atoms with Gasteiger partial charge in [0.05, 0.1) is 18.2 Å². The minimum absolute atomic E-state index is 0.0255. The van der Waals surface area contributed by atoms with E-state index in [1.807, 2.05) is 18.7 Å². The van der Waals surface area contributed by atoms with Gasteiger partial charge >= 0.3 is 0 Å². The van der Waals surface area contributed by atoms with Gasteiger partial charge in [-0.25, -0.2) is 0 Å². The van der Waals surface area contributed by atoms with Crippen LogP contribution in [0.3, 0.4) is 0 Å². The molecule has 4 heteroatoms. The third-order valence-corrected chi connectivity index (χ3v) is 3.53. The summed E-state index contributed by atoms with van der Waals surface area (Å²) in [5.41, 5.74) is 0. The first-order chi connectivity index (χ1) is 7.58. The number of nitrogens with one attached hydrogen (secondary N) is 1. The van der Waals surface area contributed by atoms with Crippen LogP contribution in [0.4, 0.5) is 0 Å². The summed E-state index contributed by atoms with van der Waals surface area (Å²) in [6.45, 7) is 8.63. The summed E-state index contributed by atoms with van der Waals surface area (Å²) < 4.78 is 5.64. The molecule has 0 radical (unpaired) electrons. The Labute approximate surface area is 97.3 Å². The number of carbonyl (C=O) groups is 1. The van der Waals surface area contributed by atoms with Crippen molar-refractivity contribution in [3.05, 3.63) is 0 Å². The second kappa shape index (κ2) is 4.72. The van der Waals surface area contributed by atoms with Crippen LogP contribution in [0.5, 0.6) is 0 Å². The number of hydrogen-bond donors (Lipinski definition) is 1. The lowest BCUT2D eigenvalue weighted by Crippen LogP contribution is -2.54. The first-order valence-electron chi connectivity index (χ1n) is 6.25. The molecule has 2 rings (SSSR count). The monoisotopic (exact) mass is 226 g/mol. The highest BCUT2D eigenvalue weighted by Gasteiger charge is 2.35. The maximum Gasteiger partial charge on any atom is 0.240 e. The molecule has 0 aromatic carbocycles. The Morgan fingerprint density at radius 2 is 1.88 bits per heavy atom. The van der Waals surface area contributed by atoms with Gasteiger partial charge in [-0.2, -0.15) is 0 Å². The van der Waals surface area contributed by atoms with Gasteiger partial charge in [0.2, 0.25) is 5.91 Å². The second-order valence-corrected chi connectivity index (χ2v) is 5.20. The van der Waals surface area contributed by atoms with Gasteiger partial charge in [-0.1, -0.05) is 6.92 Å². The van der Waals surface area contributed by atoms with Crippen molar-refractivity contribution in [3.8, 4) is 0 Å². The van der Waals surface area contributed by atoms with Gasteiger partial charge in [0.15, 0.2) is 0 Å². The van der Waals surface area contributed by atoms with E-state index in [2.05, 4.69) is 12.2 Å². The van der Waals surface area contributed by atoms with E-state index in [0.29, 0.717) is 5.92 Å². The van der Waals surface area contributed by atoms with Crippen LogP contribution in [0, 0.1) is 5.92 Å². The molecule has 0 saturated carbocycles. The molecular formula is C12H22N2O2. The molecule has 4 unspecified atom stereocenters. The summed E-state index contributed by atoms with van der Waals surface area (Å²) in [5, 5.41) is 3.30. The molecule has 0 spiro atoms. The fourth-order valence-corrected chi connectivity index (χ4v) is 2.72. The molecule has 1 amide bonds. The minimum Gasteiger partial charge on any atom is -0.372 e. The van der Waals surface area contributed by atoms with E-state index in [-0.39, 0.29) is 24.2 Å². The van der Waals surface area contributed by atoms with Crippen LogP contribution in [0.2, 0.25) is 0 Å². The van der Waals surface area contributed by atoms with Crippen LogP contribution in [0.25, 0.3) is 0 Å². The minimum atomic E-state index is 0.0255. The Bertz CT molecular complexity index is 260. The molecule has 2 fully saturated rings. The highest BCUT2D eigenvalue weighted by molar-refractivity contribution is 5.82. The van der Waals surface area contributed by atoms with E-state index in [1.54, 1.807) is 0 Å². The third-order valence-electron chi connectivity index (χ3n) is 3.53. The Kier molecular flexibility index (Phi) is 3.50. The molecule has 0 aromatic rings. The first kappa shape index (κ1) is 11.9. The average Bonchev–Trinajstić information content (AvgIpc) is 2.62. The van der Waals surface area contributed by atoms with Gasteiger partial charge in [0, 0.05) is 13.1 Å². The van der Waals surface area contributed by atoms with Gasteiger partial charge in [-0.15, -0.1) is 0 Å². The van der Waals surface area contributed by atoms with E-state index < -0.39 is 0 Å². The lowest BCUT2D eigenvalue weighted by Gasteiger charge is -2.37. The second-order valence-electron chi connectivity index (χ2n) is 5.20. The van der Waals surface area contributed by atoms with Crippen LogP contribution in [0.1, 0.15) is 27.2 Å². The fourth-order valence-electron chi connectivity index (χ4n) is 2.72. The number of nitrogens with zero attached hydrogens (tertiary/aromatic N) is 1. The zero-order chi connectivity index (χ0) is 11.7. The lowest BCUT2D eigenvalue weighted by molar-refractivity contribution is -0.145. The molecule has 16 heavy (non-hydrogen) atoms. The van der Waals surface area contributed by atoms with Crippen LogP contribution < -0.4 is 5.32 Å². The van der Waals surface area contributed by atoms with E-state index in [1.165, 1.54) is 0 Å². The average molecular weight is 226 g/mol. The van der Waals surface area contributed by atoms with Crippen molar-refractivity contribution in [2.24, 2.45) is 5.92 Å². The number of rotatable bonds is 1. The standard InChI is InChI=1S/C12H22N2O2/c1-8-4-5-13-11(8)12(15)14-6-9(2)16-10(3)7-14/h8-11,13H,4-7H2,1-3H3. The van der Waals surface area contributed by atoms with Crippen molar-refractivity contribution in [1.82, 2.24) is 10.2 Å². The molecule has 0 aromatic heterocycles. The summed E-state index contributed by atoms with van der Waals surface area (Å²) in [4.78, 5) is 14.3. The highest BCUT2D eigenvalue weighted by atomic mass is 16.5. The quantitative estimate of drug-likeness (QED) is 0.712. The Morgan fingerprint density at radius 1 is 1.25 bits per heavy atom. The zero-order valence-electron chi connectivity index (χ0n) is 10.4. The number of hydrogen-bond acceptors (Lipinski definition) is 3. The van der Waals surface area contributed by atoms with Crippen molar-refractivity contribution in [1.29, 1.82) is 0 Å². The predicted molar refractivity (Wildman–Crippen MR) is 62.2 cm³/mol. The highest BCUT2D eigenvalue weighted by Crippen LogP contribution is 2.19. The van der Waals surface area contributed by atoms with E-state index in [4.69, 9.17) is 4.74 Å². The topological polar surface area (TPSA) is 41.6 Å². The molecule has 1 N–H and O–H groups in total. The number of ether oxygens (including phenoxy) is 1. The molecule has 0 aliphatic carbocycles. The molecule has 92 valence electrons. The van der Waals surface area contributed by atoms with Crippen LogP contribution >= 0.6 is 0 Å². The molecule has 2 saturated heterocycles. The summed E-state index contributed by atoms with van der Waals surface area (Å²) in [7, 11) is 0. The van der Waals surface area contributed by atoms with Gasteiger partial charge in [-0.05, 0) is 32.7 Å². The maximum atomic E-state index is 12.3. The van der Waals surface area contributed by atoms with Gasteiger partial charge in [0.1, 0.15) is 0 Å². The van der Waals surface area contributed by atoms with E-state index in [0.717, 1.165) is 26.1 Å². The zero-order valence-corrected chi connectivity index (χ0v) is 10.4. The van der Waals surface area contributed by atoms with Crippen molar-refractivity contribution in [3.63, 3.8) is 0 Å². The summed E-state index contributed by atoms with van der Waals surface area (Å²) >= 11 is 0. The summed E-state index contributed by atoms with van der Waals surface area (Å²) in [5.74, 6) is 0.716. The maximum absolute atomic E-state index is 12.3. The number of carbonyl (C=O) groups excluding carboxylic acids is 1. The van der Waals surface area contributed by atoms with Crippen LogP contribution in [-0.4, -0.2) is 48.7 Å². The third kappa shape index (κ3) is 2.38.